The monoisotopic (exact) mass is 325 g/mol. The standard InChI is InChI=1S/C18H16FN3O2/c1-13-7-8-15(19)17(11-13)20-18(23)16-9-10-22(21-16)12-24-14-5-3-2-4-6-14/h2-11H,12H2,1H3,(H,20,23). The molecular formula is C18H16FN3O2. The Morgan fingerprint density at radius 1 is 1.21 bits per heavy atom. The predicted molar refractivity (Wildman–Crippen MR) is 88.4 cm³/mol. The fourth-order valence-electron chi connectivity index (χ4n) is 2.13. The van der Waals surface area contributed by atoms with Crippen LogP contribution in [0.1, 0.15) is 16.1 Å². The van der Waals surface area contributed by atoms with Crippen LogP contribution in [0.4, 0.5) is 10.1 Å². The van der Waals surface area contributed by atoms with Crippen molar-refractivity contribution in [3.05, 3.63) is 77.9 Å². The predicted octanol–water partition coefficient (Wildman–Crippen LogP) is 3.62. The lowest BCUT2D eigenvalue weighted by Gasteiger charge is -2.06. The molecule has 0 aliphatic heterocycles. The van der Waals surface area contributed by atoms with E-state index in [2.05, 4.69) is 10.4 Å². The molecule has 5 nitrogen and oxygen atoms in total. The van der Waals surface area contributed by atoms with E-state index in [1.807, 2.05) is 37.3 Å². The highest BCUT2D eigenvalue weighted by Gasteiger charge is 2.12. The van der Waals surface area contributed by atoms with Gasteiger partial charge in [0, 0.05) is 6.20 Å². The maximum atomic E-state index is 13.7. The van der Waals surface area contributed by atoms with E-state index in [0.29, 0.717) is 5.75 Å². The number of carbonyl (C=O) groups is 1. The molecule has 2 aromatic carbocycles. The van der Waals surface area contributed by atoms with E-state index in [1.54, 1.807) is 24.4 Å². The number of nitrogens with one attached hydrogen (secondary N) is 1. The van der Waals surface area contributed by atoms with Gasteiger partial charge in [-0.2, -0.15) is 5.10 Å². The molecule has 3 aromatic rings. The number of aryl methyl sites for hydroxylation is 1. The lowest BCUT2D eigenvalue weighted by atomic mass is 10.2. The summed E-state index contributed by atoms with van der Waals surface area (Å²) in [5, 5.41) is 6.65. The van der Waals surface area contributed by atoms with Crippen LogP contribution in [0.3, 0.4) is 0 Å². The third kappa shape index (κ3) is 3.78. The number of para-hydroxylation sites is 1. The molecule has 1 N–H and O–H groups in total. The Balaban J connectivity index is 1.64. The van der Waals surface area contributed by atoms with Crippen molar-refractivity contribution in [1.82, 2.24) is 9.78 Å². The van der Waals surface area contributed by atoms with Gasteiger partial charge in [0.2, 0.25) is 0 Å². The molecule has 0 saturated heterocycles. The van der Waals surface area contributed by atoms with Gasteiger partial charge in [-0.05, 0) is 42.8 Å². The Morgan fingerprint density at radius 2 is 2.00 bits per heavy atom. The normalized spacial score (nSPS) is 10.4. The zero-order valence-corrected chi connectivity index (χ0v) is 13.1. The number of aromatic nitrogens is 2. The van der Waals surface area contributed by atoms with Crippen molar-refractivity contribution in [2.75, 3.05) is 5.32 Å². The second kappa shape index (κ2) is 6.95. The van der Waals surface area contributed by atoms with Gasteiger partial charge in [-0.1, -0.05) is 24.3 Å². The van der Waals surface area contributed by atoms with Crippen LogP contribution in [0.25, 0.3) is 0 Å². The van der Waals surface area contributed by atoms with Gasteiger partial charge in [0.05, 0.1) is 5.69 Å². The topological polar surface area (TPSA) is 56.2 Å². The first-order chi connectivity index (χ1) is 11.6. The van der Waals surface area contributed by atoms with Gasteiger partial charge >= 0.3 is 0 Å². The number of benzene rings is 2. The molecule has 24 heavy (non-hydrogen) atoms. The van der Waals surface area contributed by atoms with E-state index in [4.69, 9.17) is 4.74 Å². The molecule has 1 heterocycles. The van der Waals surface area contributed by atoms with Gasteiger partial charge in [0.1, 0.15) is 11.6 Å². The Morgan fingerprint density at radius 3 is 2.79 bits per heavy atom. The SMILES string of the molecule is Cc1ccc(F)c(NC(=O)c2ccn(COc3ccccc3)n2)c1. The molecule has 1 aromatic heterocycles. The van der Waals surface area contributed by atoms with Gasteiger partial charge in [0.15, 0.2) is 12.4 Å². The summed E-state index contributed by atoms with van der Waals surface area (Å²) in [5.74, 6) is -0.250. The van der Waals surface area contributed by atoms with Crippen LogP contribution >= 0.6 is 0 Å². The van der Waals surface area contributed by atoms with Crippen LogP contribution in [0.5, 0.6) is 5.75 Å². The van der Waals surface area contributed by atoms with Crippen molar-refractivity contribution in [2.24, 2.45) is 0 Å². The van der Waals surface area contributed by atoms with Gasteiger partial charge < -0.3 is 10.1 Å². The number of nitrogens with zero attached hydrogens (tertiary/aromatic N) is 2. The second-order valence-electron chi connectivity index (χ2n) is 5.26. The van der Waals surface area contributed by atoms with Crippen LogP contribution in [0.2, 0.25) is 0 Å². The summed E-state index contributed by atoms with van der Waals surface area (Å²) < 4.78 is 20.7. The van der Waals surface area contributed by atoms with Gasteiger partial charge in [-0.15, -0.1) is 0 Å². The van der Waals surface area contributed by atoms with E-state index in [9.17, 15) is 9.18 Å². The lowest BCUT2D eigenvalue weighted by molar-refractivity contribution is 0.101. The Labute approximate surface area is 138 Å². The summed E-state index contributed by atoms with van der Waals surface area (Å²) in [5.41, 5.74) is 1.18. The van der Waals surface area contributed by atoms with E-state index >= 15 is 0 Å². The fraction of sp³-hybridized carbons (Fsp3) is 0.111. The average Bonchev–Trinajstić information content (AvgIpc) is 3.06. The largest absolute Gasteiger partial charge is 0.471 e. The fourth-order valence-corrected chi connectivity index (χ4v) is 2.13. The molecule has 6 heteroatoms. The number of rotatable bonds is 5. The van der Waals surface area contributed by atoms with Crippen molar-refractivity contribution < 1.29 is 13.9 Å². The number of hydrogen-bond acceptors (Lipinski definition) is 3. The number of carbonyl (C=O) groups excluding carboxylic acids is 1. The minimum absolute atomic E-state index is 0.134. The van der Waals surface area contributed by atoms with Gasteiger partial charge in [0.25, 0.3) is 5.91 Å². The molecule has 0 unspecified atom stereocenters. The van der Waals surface area contributed by atoms with E-state index in [0.717, 1.165) is 5.56 Å². The first-order valence-electron chi connectivity index (χ1n) is 7.40. The van der Waals surface area contributed by atoms with Crippen molar-refractivity contribution in [3.8, 4) is 5.75 Å². The van der Waals surface area contributed by atoms with Crippen molar-refractivity contribution in [3.63, 3.8) is 0 Å². The molecule has 0 atom stereocenters. The highest BCUT2D eigenvalue weighted by Crippen LogP contribution is 2.16. The van der Waals surface area contributed by atoms with Gasteiger partial charge in [-0.3, -0.25) is 4.79 Å². The Bertz CT molecular complexity index is 846. The summed E-state index contributed by atoms with van der Waals surface area (Å²) in [6.07, 6.45) is 1.63. The molecule has 122 valence electrons. The maximum Gasteiger partial charge on any atom is 0.276 e. The number of ether oxygens (including phenoxy) is 1. The molecule has 0 aliphatic carbocycles. The highest BCUT2D eigenvalue weighted by atomic mass is 19.1. The highest BCUT2D eigenvalue weighted by molar-refractivity contribution is 6.02. The molecule has 0 aliphatic rings. The third-order valence-electron chi connectivity index (χ3n) is 3.35. The van der Waals surface area contributed by atoms with Crippen molar-refractivity contribution in [2.45, 2.75) is 13.7 Å². The number of halogens is 1. The summed E-state index contributed by atoms with van der Waals surface area (Å²) in [7, 11) is 0. The van der Waals surface area contributed by atoms with Crippen molar-refractivity contribution >= 4 is 11.6 Å². The minimum atomic E-state index is -0.485. The Kier molecular flexibility index (Phi) is 4.56. The zero-order chi connectivity index (χ0) is 16.9. The van der Waals surface area contributed by atoms with Crippen LogP contribution in [0, 0.1) is 12.7 Å². The summed E-state index contributed by atoms with van der Waals surface area (Å²) in [6, 6.07) is 15.4. The first-order valence-corrected chi connectivity index (χ1v) is 7.40. The molecule has 0 fully saturated rings. The average molecular weight is 325 g/mol. The van der Waals surface area contributed by atoms with Crippen molar-refractivity contribution in [1.29, 1.82) is 0 Å². The maximum absolute atomic E-state index is 13.7. The molecule has 0 saturated carbocycles. The van der Waals surface area contributed by atoms with E-state index in [1.165, 1.54) is 10.7 Å². The number of anilines is 1. The van der Waals surface area contributed by atoms with Crippen LogP contribution in [0.15, 0.2) is 60.8 Å². The molecule has 3 rings (SSSR count). The van der Waals surface area contributed by atoms with Crippen LogP contribution < -0.4 is 10.1 Å². The summed E-state index contributed by atoms with van der Waals surface area (Å²) in [6.45, 7) is 2.00. The number of hydrogen-bond donors (Lipinski definition) is 1. The Hall–Kier alpha value is -3.15. The molecular weight excluding hydrogens is 309 g/mol. The summed E-state index contributed by atoms with van der Waals surface area (Å²) in [4.78, 5) is 12.2. The second-order valence-corrected chi connectivity index (χ2v) is 5.26. The molecule has 0 radical (unpaired) electrons. The first kappa shape index (κ1) is 15.7. The quantitative estimate of drug-likeness (QED) is 0.779. The number of amides is 1. The van der Waals surface area contributed by atoms with Gasteiger partial charge in [-0.25, -0.2) is 9.07 Å². The third-order valence-corrected chi connectivity index (χ3v) is 3.35. The molecule has 1 amide bonds. The zero-order valence-electron chi connectivity index (χ0n) is 13.1. The van der Waals surface area contributed by atoms with E-state index < -0.39 is 11.7 Å². The van der Waals surface area contributed by atoms with Crippen LogP contribution in [-0.2, 0) is 6.73 Å². The molecule has 0 bridgehead atoms. The summed E-state index contributed by atoms with van der Waals surface area (Å²) >= 11 is 0. The van der Waals surface area contributed by atoms with Crippen LogP contribution in [-0.4, -0.2) is 15.7 Å². The molecule has 0 spiro atoms. The van der Waals surface area contributed by atoms with E-state index in [-0.39, 0.29) is 18.1 Å². The smallest absolute Gasteiger partial charge is 0.276 e. The minimum Gasteiger partial charge on any atom is -0.471 e. The lowest BCUT2D eigenvalue weighted by Crippen LogP contribution is -2.15.